The Morgan fingerprint density at radius 2 is 1.78 bits per heavy atom. The Morgan fingerprint density at radius 3 is 2.48 bits per heavy atom. The molecule has 1 fully saturated rings. The van der Waals surface area contributed by atoms with Crippen LogP contribution >= 0.6 is 0 Å². The number of aromatic nitrogens is 2. The van der Waals surface area contributed by atoms with E-state index in [0.717, 1.165) is 32.5 Å². The molecule has 1 saturated heterocycles. The van der Waals surface area contributed by atoms with Gasteiger partial charge in [0.25, 0.3) is 0 Å². The van der Waals surface area contributed by atoms with Crippen molar-refractivity contribution in [1.29, 1.82) is 0 Å². The summed E-state index contributed by atoms with van der Waals surface area (Å²) in [4.78, 5) is 3.95. The topological polar surface area (TPSA) is 36.3 Å². The van der Waals surface area contributed by atoms with Crippen molar-refractivity contribution in [3.63, 3.8) is 0 Å². The second-order valence-corrected chi connectivity index (χ2v) is 6.18. The van der Waals surface area contributed by atoms with Crippen LogP contribution in [0, 0.1) is 5.82 Å². The maximum absolute atomic E-state index is 13.3. The number of hydrogen-bond donors (Lipinski definition) is 0. The number of benzene rings is 2. The van der Waals surface area contributed by atoms with E-state index in [4.69, 9.17) is 9.47 Å². The van der Waals surface area contributed by atoms with Crippen molar-refractivity contribution in [2.24, 2.45) is 0 Å². The zero-order valence-corrected chi connectivity index (χ0v) is 15.2. The van der Waals surface area contributed by atoms with Gasteiger partial charge in [-0.1, -0.05) is 59.6 Å². The van der Waals surface area contributed by atoms with E-state index in [1.807, 2.05) is 54.4 Å². The summed E-state index contributed by atoms with van der Waals surface area (Å²) in [5.41, 5.74) is 1.86. The number of hydrogen-bond acceptors (Lipinski definition) is 3. The lowest BCUT2D eigenvalue weighted by Gasteiger charge is -2.08. The molecule has 4 nitrogen and oxygen atoms in total. The molecular formula is C21H23BFN2O2. The van der Waals surface area contributed by atoms with Crippen molar-refractivity contribution in [1.82, 2.24) is 9.55 Å². The minimum absolute atomic E-state index is 0.00704. The van der Waals surface area contributed by atoms with E-state index >= 15 is 0 Å². The van der Waals surface area contributed by atoms with E-state index in [2.05, 4.69) is 4.98 Å². The quantitative estimate of drug-likeness (QED) is 0.630. The SMILES string of the molecule is Fc1ccccc1[B]Cc1ccccc1.c1cn(CCC2OCCO2)cn1. The smallest absolute Gasteiger partial charge is 0.160 e. The molecule has 139 valence electrons. The van der Waals surface area contributed by atoms with E-state index in [9.17, 15) is 4.39 Å². The highest BCUT2D eigenvalue weighted by Crippen LogP contribution is 2.08. The molecule has 6 heteroatoms. The average molecular weight is 365 g/mol. The third-order valence-electron chi connectivity index (χ3n) is 4.18. The predicted octanol–water partition coefficient (Wildman–Crippen LogP) is 3.00. The molecular weight excluding hydrogens is 342 g/mol. The van der Waals surface area contributed by atoms with Gasteiger partial charge in [0.2, 0.25) is 0 Å². The molecule has 0 saturated carbocycles. The fourth-order valence-corrected chi connectivity index (χ4v) is 2.73. The summed E-state index contributed by atoms with van der Waals surface area (Å²) in [5.74, 6) is -0.159. The molecule has 1 aliphatic heterocycles. The van der Waals surface area contributed by atoms with Gasteiger partial charge in [0.15, 0.2) is 13.6 Å². The molecule has 0 amide bonds. The zero-order valence-electron chi connectivity index (χ0n) is 15.2. The van der Waals surface area contributed by atoms with Gasteiger partial charge >= 0.3 is 0 Å². The Balaban J connectivity index is 0.000000159. The number of imidazole rings is 1. The van der Waals surface area contributed by atoms with E-state index in [0.29, 0.717) is 5.46 Å². The Morgan fingerprint density at radius 1 is 1.04 bits per heavy atom. The molecule has 1 aromatic heterocycles. The van der Waals surface area contributed by atoms with Gasteiger partial charge in [0, 0.05) is 25.4 Å². The fourth-order valence-electron chi connectivity index (χ4n) is 2.73. The van der Waals surface area contributed by atoms with Gasteiger partial charge in [-0.05, 0) is 12.4 Å². The molecule has 1 aliphatic rings. The first kappa shape index (κ1) is 19.3. The number of ether oxygens (including phenoxy) is 2. The summed E-state index contributed by atoms with van der Waals surface area (Å²) in [6, 6.07) is 16.9. The molecule has 0 spiro atoms. The van der Waals surface area contributed by atoms with E-state index in [1.54, 1.807) is 24.7 Å². The minimum Gasteiger partial charge on any atom is -0.350 e. The van der Waals surface area contributed by atoms with Gasteiger partial charge in [-0.25, -0.2) is 9.37 Å². The van der Waals surface area contributed by atoms with Crippen molar-refractivity contribution >= 4 is 12.7 Å². The van der Waals surface area contributed by atoms with Gasteiger partial charge in [-0.2, -0.15) is 0 Å². The van der Waals surface area contributed by atoms with Crippen LogP contribution in [0.15, 0.2) is 73.3 Å². The zero-order chi connectivity index (χ0) is 18.7. The Hall–Kier alpha value is -2.44. The Bertz CT molecular complexity index is 778. The summed E-state index contributed by atoms with van der Waals surface area (Å²) in [7, 11) is 1.91. The lowest BCUT2D eigenvalue weighted by Crippen LogP contribution is -2.20. The minimum atomic E-state index is -0.159. The fraction of sp³-hybridized carbons (Fsp3) is 0.286. The van der Waals surface area contributed by atoms with Crippen LogP contribution < -0.4 is 5.46 Å². The number of halogens is 1. The van der Waals surface area contributed by atoms with Crippen LogP contribution in [0.5, 0.6) is 0 Å². The lowest BCUT2D eigenvalue weighted by molar-refractivity contribution is -0.0490. The van der Waals surface area contributed by atoms with Gasteiger partial charge < -0.3 is 14.0 Å². The third-order valence-corrected chi connectivity index (χ3v) is 4.18. The predicted molar refractivity (Wildman–Crippen MR) is 104 cm³/mol. The normalized spacial score (nSPS) is 13.8. The molecule has 4 rings (SSSR count). The average Bonchev–Trinajstić information content (AvgIpc) is 3.41. The number of rotatable bonds is 6. The van der Waals surface area contributed by atoms with Gasteiger partial charge in [-0.15, -0.1) is 0 Å². The molecule has 27 heavy (non-hydrogen) atoms. The Kier molecular flexibility index (Phi) is 7.62. The summed E-state index contributed by atoms with van der Waals surface area (Å²) < 4.78 is 25.9. The third kappa shape index (κ3) is 6.66. The van der Waals surface area contributed by atoms with Crippen LogP contribution in [-0.2, 0) is 22.3 Å². The van der Waals surface area contributed by atoms with Crippen LogP contribution in [0.2, 0.25) is 0 Å². The first-order valence-corrected chi connectivity index (χ1v) is 9.12. The largest absolute Gasteiger partial charge is 0.350 e. The monoisotopic (exact) mass is 365 g/mol. The summed E-state index contributed by atoms with van der Waals surface area (Å²) in [6.07, 6.45) is 7.17. The molecule has 1 radical (unpaired) electrons. The Labute approximate surface area is 160 Å². The second kappa shape index (κ2) is 10.7. The molecule has 0 N–H and O–H groups in total. The molecule has 0 aliphatic carbocycles. The molecule has 0 bridgehead atoms. The highest BCUT2D eigenvalue weighted by molar-refractivity contribution is 6.53. The number of nitrogens with zero attached hydrogens (tertiary/aromatic N) is 2. The van der Waals surface area contributed by atoms with Gasteiger partial charge in [-0.3, -0.25) is 0 Å². The lowest BCUT2D eigenvalue weighted by atomic mass is 9.65. The van der Waals surface area contributed by atoms with Crippen LogP contribution in [-0.4, -0.2) is 36.3 Å². The van der Waals surface area contributed by atoms with Crippen LogP contribution in [0.3, 0.4) is 0 Å². The summed E-state index contributed by atoms with van der Waals surface area (Å²) >= 11 is 0. The van der Waals surface area contributed by atoms with Crippen LogP contribution in [0.1, 0.15) is 12.0 Å². The van der Waals surface area contributed by atoms with Crippen molar-refractivity contribution in [3.8, 4) is 0 Å². The summed E-state index contributed by atoms with van der Waals surface area (Å²) in [5, 5.41) is 0. The maximum Gasteiger partial charge on any atom is 0.160 e. The molecule has 0 unspecified atom stereocenters. The summed E-state index contributed by atoms with van der Waals surface area (Å²) in [6.45, 7) is 2.37. The van der Waals surface area contributed by atoms with Gasteiger partial charge in [0.1, 0.15) is 5.82 Å². The first-order chi connectivity index (χ1) is 13.3. The molecule has 2 aromatic carbocycles. The highest BCUT2D eigenvalue weighted by atomic mass is 19.1. The highest BCUT2D eigenvalue weighted by Gasteiger charge is 2.14. The van der Waals surface area contributed by atoms with Crippen molar-refractivity contribution in [2.75, 3.05) is 13.2 Å². The van der Waals surface area contributed by atoms with E-state index in [1.165, 1.54) is 11.6 Å². The van der Waals surface area contributed by atoms with Crippen molar-refractivity contribution in [3.05, 3.63) is 84.7 Å². The van der Waals surface area contributed by atoms with E-state index < -0.39 is 0 Å². The number of aryl methyl sites for hydroxylation is 1. The van der Waals surface area contributed by atoms with Gasteiger partial charge in [0.05, 0.1) is 19.5 Å². The first-order valence-electron chi connectivity index (χ1n) is 9.12. The van der Waals surface area contributed by atoms with Crippen molar-refractivity contribution in [2.45, 2.75) is 25.6 Å². The van der Waals surface area contributed by atoms with Crippen LogP contribution in [0.4, 0.5) is 4.39 Å². The van der Waals surface area contributed by atoms with Crippen molar-refractivity contribution < 1.29 is 13.9 Å². The second-order valence-electron chi connectivity index (χ2n) is 6.18. The molecule has 2 heterocycles. The van der Waals surface area contributed by atoms with E-state index in [-0.39, 0.29) is 12.1 Å². The maximum atomic E-state index is 13.3. The van der Waals surface area contributed by atoms with Crippen LogP contribution in [0.25, 0.3) is 0 Å². The standard InChI is InChI=1S/C13H11BF.C8H12N2O2/c15-13-9-5-4-8-12(13)14-10-11-6-2-1-3-7-11;1(8-11-5-6-12-8)3-10-4-2-9-7-10/h1-9H,10H2;2,4,7-8H,1,3,5-6H2. The molecule has 3 aromatic rings. The molecule has 0 atom stereocenters.